The number of ketones is 1. The van der Waals surface area contributed by atoms with E-state index in [1.54, 1.807) is 0 Å². The van der Waals surface area contributed by atoms with Crippen LogP contribution in [-0.2, 0) is 19.1 Å². The van der Waals surface area contributed by atoms with E-state index in [0.29, 0.717) is 63.8 Å². The number of hydrogen-bond acceptors (Lipinski definition) is 6. The third-order valence-corrected chi connectivity index (χ3v) is 4.76. The van der Waals surface area contributed by atoms with Crippen molar-refractivity contribution in [1.82, 2.24) is 15.5 Å². The van der Waals surface area contributed by atoms with E-state index in [0.717, 1.165) is 32.5 Å². The summed E-state index contributed by atoms with van der Waals surface area (Å²) in [6, 6.07) is 0.851. The average molecular weight is 444 g/mol. The maximum atomic E-state index is 12.6. The smallest absolute Gasteiger partial charge is 0.230 e. The van der Waals surface area contributed by atoms with Crippen LogP contribution < -0.4 is 10.6 Å². The fourth-order valence-corrected chi connectivity index (χ4v) is 3.02. The van der Waals surface area contributed by atoms with Crippen molar-refractivity contribution in [3.05, 3.63) is 0 Å². The van der Waals surface area contributed by atoms with Crippen LogP contribution in [0.5, 0.6) is 0 Å². The molecule has 7 heteroatoms. The molecular weight excluding hydrogens is 394 g/mol. The van der Waals surface area contributed by atoms with Crippen molar-refractivity contribution < 1.29 is 19.1 Å². The minimum atomic E-state index is -0.0522. The number of carbonyl (C=O) groups is 2. The number of ether oxygens (including phenoxy) is 2. The first-order valence-electron chi connectivity index (χ1n) is 12.1. The molecule has 0 atom stereocenters. The molecule has 0 aliphatic carbocycles. The second-order valence-electron chi connectivity index (χ2n) is 9.18. The largest absolute Gasteiger partial charge is 0.379 e. The van der Waals surface area contributed by atoms with Crippen LogP contribution in [0.3, 0.4) is 0 Å². The molecule has 0 radical (unpaired) electrons. The predicted octanol–water partition coefficient (Wildman–Crippen LogP) is 3.02. The summed E-state index contributed by atoms with van der Waals surface area (Å²) in [6.45, 7) is 18.0. The van der Waals surface area contributed by atoms with Crippen LogP contribution in [0.2, 0.25) is 0 Å². The van der Waals surface area contributed by atoms with Gasteiger partial charge in [0.2, 0.25) is 5.91 Å². The molecule has 0 unspecified atom stereocenters. The third-order valence-electron chi connectivity index (χ3n) is 4.76. The molecule has 2 N–H and O–H groups in total. The number of carbonyl (C=O) groups excluding carboxylic acids is 2. The van der Waals surface area contributed by atoms with Crippen molar-refractivity contribution in [2.45, 2.75) is 85.7 Å². The zero-order valence-corrected chi connectivity index (χ0v) is 21.0. The molecular formula is C24H49N3O4. The molecule has 0 saturated heterocycles. The van der Waals surface area contributed by atoms with Gasteiger partial charge in [0, 0.05) is 51.3 Å². The van der Waals surface area contributed by atoms with Gasteiger partial charge in [0.25, 0.3) is 0 Å². The summed E-state index contributed by atoms with van der Waals surface area (Å²) in [5.74, 6) is 0.563. The summed E-state index contributed by atoms with van der Waals surface area (Å²) < 4.78 is 11.0. The van der Waals surface area contributed by atoms with Gasteiger partial charge in [-0.2, -0.15) is 0 Å². The summed E-state index contributed by atoms with van der Waals surface area (Å²) in [6.07, 6.45) is 3.08. The first kappa shape index (κ1) is 30.0. The Morgan fingerprint density at radius 3 is 2.00 bits per heavy atom. The molecule has 184 valence electrons. The Labute approximate surface area is 191 Å². The standard InChI is InChI=1S/C24H49N3O4/c1-20(2)9-7-13-27(14-11-25-21(3)4)24(29)19-23(28)10-8-15-30-17-18-31-16-12-26-22(5)6/h20-22,25-26H,7-19H2,1-6H3. The molecule has 0 aliphatic rings. The van der Waals surface area contributed by atoms with Crippen LogP contribution in [0.25, 0.3) is 0 Å². The second-order valence-corrected chi connectivity index (χ2v) is 9.18. The number of Topliss-reactive ketones (excluding diaryl/α,β-unsaturated/α-hetero) is 1. The molecule has 0 rings (SSSR count). The summed E-state index contributed by atoms with van der Waals surface area (Å²) >= 11 is 0. The van der Waals surface area contributed by atoms with E-state index in [2.05, 4.69) is 52.2 Å². The van der Waals surface area contributed by atoms with Gasteiger partial charge in [-0.05, 0) is 25.2 Å². The van der Waals surface area contributed by atoms with Crippen LogP contribution in [0.15, 0.2) is 0 Å². The molecule has 0 saturated carbocycles. The lowest BCUT2D eigenvalue weighted by atomic mass is 10.1. The van der Waals surface area contributed by atoms with Gasteiger partial charge in [-0.1, -0.05) is 41.5 Å². The van der Waals surface area contributed by atoms with Crippen LogP contribution in [0, 0.1) is 5.92 Å². The fourth-order valence-electron chi connectivity index (χ4n) is 3.02. The zero-order chi connectivity index (χ0) is 23.5. The Morgan fingerprint density at radius 2 is 1.39 bits per heavy atom. The minimum absolute atomic E-state index is 0.00436. The van der Waals surface area contributed by atoms with Crippen molar-refractivity contribution in [2.75, 3.05) is 52.6 Å². The van der Waals surface area contributed by atoms with Gasteiger partial charge < -0.3 is 25.0 Å². The van der Waals surface area contributed by atoms with Crippen LogP contribution in [0.1, 0.15) is 73.6 Å². The van der Waals surface area contributed by atoms with Gasteiger partial charge in [-0.25, -0.2) is 0 Å². The first-order valence-corrected chi connectivity index (χ1v) is 12.1. The Bertz CT molecular complexity index is 442. The van der Waals surface area contributed by atoms with Crippen molar-refractivity contribution in [1.29, 1.82) is 0 Å². The zero-order valence-electron chi connectivity index (χ0n) is 21.0. The van der Waals surface area contributed by atoms with E-state index < -0.39 is 0 Å². The SMILES string of the molecule is CC(C)CCCN(CCNC(C)C)C(=O)CC(=O)CCCOCCOCCNC(C)C. The monoisotopic (exact) mass is 443 g/mol. The van der Waals surface area contributed by atoms with E-state index in [4.69, 9.17) is 9.47 Å². The van der Waals surface area contributed by atoms with E-state index in [1.165, 1.54) is 0 Å². The maximum Gasteiger partial charge on any atom is 0.230 e. The van der Waals surface area contributed by atoms with Gasteiger partial charge in [0.1, 0.15) is 5.78 Å². The highest BCUT2D eigenvalue weighted by Gasteiger charge is 2.17. The quantitative estimate of drug-likeness (QED) is 0.210. The summed E-state index contributed by atoms with van der Waals surface area (Å²) in [5.41, 5.74) is 0. The fraction of sp³-hybridized carbons (Fsp3) is 0.917. The van der Waals surface area contributed by atoms with Crippen LogP contribution in [-0.4, -0.2) is 81.3 Å². The highest BCUT2D eigenvalue weighted by Crippen LogP contribution is 2.07. The molecule has 0 bridgehead atoms. The van der Waals surface area contributed by atoms with E-state index >= 15 is 0 Å². The Kier molecular flexibility index (Phi) is 19.0. The van der Waals surface area contributed by atoms with Crippen LogP contribution >= 0.6 is 0 Å². The Balaban J connectivity index is 3.98. The Morgan fingerprint density at radius 1 is 0.774 bits per heavy atom. The second kappa shape index (κ2) is 19.6. The summed E-state index contributed by atoms with van der Waals surface area (Å²) in [5, 5.41) is 6.64. The van der Waals surface area contributed by atoms with Crippen molar-refractivity contribution in [3.8, 4) is 0 Å². The van der Waals surface area contributed by atoms with Gasteiger partial charge in [0.05, 0.1) is 26.2 Å². The number of amides is 1. The number of nitrogens with zero attached hydrogens (tertiary/aromatic N) is 1. The molecule has 0 aromatic rings. The molecule has 0 fully saturated rings. The topological polar surface area (TPSA) is 79.9 Å². The number of hydrogen-bond donors (Lipinski definition) is 2. The number of rotatable bonds is 21. The van der Waals surface area contributed by atoms with Crippen molar-refractivity contribution in [2.24, 2.45) is 5.92 Å². The predicted molar refractivity (Wildman–Crippen MR) is 127 cm³/mol. The molecule has 7 nitrogen and oxygen atoms in total. The third kappa shape index (κ3) is 20.6. The highest BCUT2D eigenvalue weighted by molar-refractivity contribution is 5.97. The molecule has 0 aromatic carbocycles. The lowest BCUT2D eigenvalue weighted by Crippen LogP contribution is -2.40. The highest BCUT2D eigenvalue weighted by atomic mass is 16.5. The molecule has 1 amide bonds. The van der Waals surface area contributed by atoms with E-state index in [-0.39, 0.29) is 18.1 Å². The van der Waals surface area contributed by atoms with Crippen molar-refractivity contribution >= 4 is 11.7 Å². The van der Waals surface area contributed by atoms with Crippen molar-refractivity contribution in [3.63, 3.8) is 0 Å². The van der Waals surface area contributed by atoms with E-state index in [9.17, 15) is 9.59 Å². The molecule has 0 heterocycles. The molecule has 0 aromatic heterocycles. The normalized spacial score (nSPS) is 11.6. The molecule has 0 aliphatic heterocycles. The van der Waals surface area contributed by atoms with Crippen LogP contribution in [0.4, 0.5) is 0 Å². The maximum absolute atomic E-state index is 12.6. The van der Waals surface area contributed by atoms with Gasteiger partial charge in [0.15, 0.2) is 0 Å². The summed E-state index contributed by atoms with van der Waals surface area (Å²) in [7, 11) is 0. The summed E-state index contributed by atoms with van der Waals surface area (Å²) in [4.78, 5) is 26.7. The average Bonchev–Trinajstić information content (AvgIpc) is 2.67. The van der Waals surface area contributed by atoms with Gasteiger partial charge >= 0.3 is 0 Å². The minimum Gasteiger partial charge on any atom is -0.379 e. The first-order chi connectivity index (χ1) is 14.7. The van der Waals surface area contributed by atoms with Gasteiger partial charge in [-0.15, -0.1) is 0 Å². The molecule has 31 heavy (non-hydrogen) atoms. The Hall–Kier alpha value is -1.02. The molecule has 0 spiro atoms. The van der Waals surface area contributed by atoms with Gasteiger partial charge in [-0.3, -0.25) is 9.59 Å². The lowest BCUT2D eigenvalue weighted by molar-refractivity contribution is -0.135. The lowest BCUT2D eigenvalue weighted by Gasteiger charge is -2.24. The van der Waals surface area contributed by atoms with E-state index in [1.807, 2.05) is 4.90 Å². The number of nitrogens with one attached hydrogen (secondary N) is 2.